The fourth-order valence-electron chi connectivity index (χ4n) is 1.50. The van der Waals surface area contributed by atoms with Gasteiger partial charge in [-0.3, -0.25) is 16.3 Å². The molecule has 1 aromatic rings. The lowest BCUT2D eigenvalue weighted by Crippen LogP contribution is -2.30. The van der Waals surface area contributed by atoms with Crippen LogP contribution in [0.4, 0.5) is 0 Å². The highest BCUT2D eigenvalue weighted by atomic mass is 15.2. The quantitative estimate of drug-likeness (QED) is 0.556. The third-order valence-corrected chi connectivity index (χ3v) is 2.36. The van der Waals surface area contributed by atoms with E-state index in [9.17, 15) is 0 Å². The topological polar surface area (TPSA) is 54.2 Å². The summed E-state index contributed by atoms with van der Waals surface area (Å²) in [6.45, 7) is 3.04. The Morgan fingerprint density at radius 2 is 2.20 bits per heavy atom. The van der Waals surface area contributed by atoms with Gasteiger partial charge in [-0.05, 0) is 45.1 Å². The predicted octanol–water partition coefficient (Wildman–Crippen LogP) is 0.846. The van der Waals surface area contributed by atoms with Gasteiger partial charge in [0.1, 0.15) is 0 Å². The molecule has 0 saturated carbocycles. The zero-order chi connectivity index (χ0) is 11.3. The summed E-state index contributed by atoms with van der Waals surface area (Å²) < 4.78 is 0. The maximum absolute atomic E-state index is 5.54. The number of hydrogen-bond donors (Lipinski definition) is 2. The second kappa shape index (κ2) is 5.80. The molecule has 1 atom stereocenters. The van der Waals surface area contributed by atoms with E-state index in [1.54, 1.807) is 0 Å². The van der Waals surface area contributed by atoms with Crippen molar-refractivity contribution in [2.24, 2.45) is 5.84 Å². The molecule has 15 heavy (non-hydrogen) atoms. The first kappa shape index (κ1) is 12.1. The molecule has 0 saturated heterocycles. The first-order valence-corrected chi connectivity index (χ1v) is 5.16. The molecule has 1 aromatic heterocycles. The molecule has 0 fully saturated rings. The second-order valence-corrected chi connectivity index (χ2v) is 4.11. The zero-order valence-electron chi connectivity index (χ0n) is 9.70. The van der Waals surface area contributed by atoms with Crippen LogP contribution in [0.5, 0.6) is 0 Å². The Hall–Kier alpha value is -0.970. The van der Waals surface area contributed by atoms with E-state index >= 15 is 0 Å². The second-order valence-electron chi connectivity index (χ2n) is 4.11. The lowest BCUT2D eigenvalue weighted by Gasteiger charge is -2.18. The Morgan fingerprint density at radius 1 is 1.47 bits per heavy atom. The summed E-state index contributed by atoms with van der Waals surface area (Å²) in [6, 6.07) is 2.30. The third-order valence-electron chi connectivity index (χ3n) is 2.36. The Labute approximate surface area is 91.5 Å². The minimum atomic E-state index is 0.180. The van der Waals surface area contributed by atoms with Gasteiger partial charge in [-0.1, -0.05) is 6.07 Å². The van der Waals surface area contributed by atoms with Gasteiger partial charge < -0.3 is 4.90 Å². The van der Waals surface area contributed by atoms with Crippen LogP contribution in [0.15, 0.2) is 18.5 Å². The number of aromatic nitrogens is 1. The molecule has 0 aliphatic heterocycles. The van der Waals surface area contributed by atoms with Crippen LogP contribution in [0.25, 0.3) is 0 Å². The van der Waals surface area contributed by atoms with Gasteiger partial charge in [0.2, 0.25) is 0 Å². The van der Waals surface area contributed by atoms with Crippen molar-refractivity contribution in [3.63, 3.8) is 0 Å². The molecule has 1 heterocycles. The van der Waals surface area contributed by atoms with Crippen molar-refractivity contribution in [1.82, 2.24) is 15.3 Å². The molecule has 4 heteroatoms. The molecule has 0 spiro atoms. The van der Waals surface area contributed by atoms with Gasteiger partial charge >= 0.3 is 0 Å². The average Bonchev–Trinajstić information content (AvgIpc) is 2.18. The number of pyridine rings is 1. The normalized spacial score (nSPS) is 13.1. The maximum Gasteiger partial charge on any atom is 0.0487 e. The van der Waals surface area contributed by atoms with E-state index < -0.39 is 0 Å². The average molecular weight is 208 g/mol. The first-order chi connectivity index (χ1) is 7.13. The van der Waals surface area contributed by atoms with Gasteiger partial charge in [0.25, 0.3) is 0 Å². The summed E-state index contributed by atoms with van der Waals surface area (Å²) in [5.41, 5.74) is 5.15. The van der Waals surface area contributed by atoms with Gasteiger partial charge in [0, 0.05) is 18.4 Å². The van der Waals surface area contributed by atoms with Crippen molar-refractivity contribution in [2.45, 2.75) is 19.4 Å². The van der Waals surface area contributed by atoms with Gasteiger partial charge in [0.15, 0.2) is 0 Å². The summed E-state index contributed by atoms with van der Waals surface area (Å²) in [5.74, 6) is 5.54. The summed E-state index contributed by atoms with van der Waals surface area (Å²) in [7, 11) is 4.12. The van der Waals surface area contributed by atoms with Gasteiger partial charge in [-0.25, -0.2) is 0 Å². The fourth-order valence-corrected chi connectivity index (χ4v) is 1.50. The van der Waals surface area contributed by atoms with Crippen LogP contribution in [-0.2, 0) is 0 Å². The molecule has 3 N–H and O–H groups in total. The van der Waals surface area contributed by atoms with E-state index in [4.69, 9.17) is 5.84 Å². The SMILES string of the molecule is Cc1cncc(C(CCN(C)C)NN)c1. The number of aryl methyl sites for hydroxylation is 1. The molecule has 1 unspecified atom stereocenters. The molecule has 0 amide bonds. The van der Waals surface area contributed by atoms with E-state index in [-0.39, 0.29) is 6.04 Å². The lowest BCUT2D eigenvalue weighted by atomic mass is 10.1. The molecular formula is C11H20N4. The monoisotopic (exact) mass is 208 g/mol. The van der Waals surface area contributed by atoms with Crippen molar-refractivity contribution in [1.29, 1.82) is 0 Å². The minimum Gasteiger partial charge on any atom is -0.309 e. The largest absolute Gasteiger partial charge is 0.309 e. The zero-order valence-corrected chi connectivity index (χ0v) is 9.70. The van der Waals surface area contributed by atoms with E-state index in [1.807, 2.05) is 19.3 Å². The van der Waals surface area contributed by atoms with Crippen molar-refractivity contribution in [3.8, 4) is 0 Å². The number of hydrogen-bond acceptors (Lipinski definition) is 4. The Balaban J connectivity index is 2.65. The van der Waals surface area contributed by atoms with Crippen LogP contribution < -0.4 is 11.3 Å². The van der Waals surface area contributed by atoms with Crippen LogP contribution in [0, 0.1) is 6.92 Å². The molecule has 0 bridgehead atoms. The van der Waals surface area contributed by atoms with Gasteiger partial charge in [-0.15, -0.1) is 0 Å². The van der Waals surface area contributed by atoms with Crippen LogP contribution in [-0.4, -0.2) is 30.5 Å². The number of hydrazine groups is 1. The molecule has 84 valence electrons. The highest BCUT2D eigenvalue weighted by Gasteiger charge is 2.10. The standard InChI is InChI=1S/C11H20N4/c1-9-6-10(8-13-7-9)11(14-12)4-5-15(2)3/h6-8,11,14H,4-5,12H2,1-3H3. The minimum absolute atomic E-state index is 0.180. The van der Waals surface area contributed by atoms with E-state index in [0.29, 0.717) is 0 Å². The highest BCUT2D eigenvalue weighted by Crippen LogP contribution is 2.15. The number of nitrogens with two attached hydrogens (primary N) is 1. The summed E-state index contributed by atoms with van der Waals surface area (Å²) in [5, 5.41) is 0. The highest BCUT2D eigenvalue weighted by molar-refractivity contribution is 5.19. The van der Waals surface area contributed by atoms with Crippen LogP contribution >= 0.6 is 0 Å². The lowest BCUT2D eigenvalue weighted by molar-refractivity contribution is 0.362. The summed E-state index contributed by atoms with van der Waals surface area (Å²) in [4.78, 5) is 6.32. The molecule has 1 rings (SSSR count). The molecule has 0 aromatic carbocycles. The maximum atomic E-state index is 5.54. The molecule has 4 nitrogen and oxygen atoms in total. The van der Waals surface area contributed by atoms with Gasteiger partial charge in [-0.2, -0.15) is 0 Å². The number of nitrogens with zero attached hydrogens (tertiary/aromatic N) is 2. The number of nitrogens with one attached hydrogen (secondary N) is 1. The molecular weight excluding hydrogens is 188 g/mol. The van der Waals surface area contributed by atoms with Crippen molar-refractivity contribution in [3.05, 3.63) is 29.6 Å². The summed E-state index contributed by atoms with van der Waals surface area (Å²) in [6.07, 6.45) is 4.70. The first-order valence-electron chi connectivity index (χ1n) is 5.16. The van der Waals surface area contributed by atoms with Crippen molar-refractivity contribution >= 4 is 0 Å². The Morgan fingerprint density at radius 3 is 2.73 bits per heavy atom. The van der Waals surface area contributed by atoms with Crippen molar-refractivity contribution < 1.29 is 0 Å². The molecule has 0 aliphatic carbocycles. The summed E-state index contributed by atoms with van der Waals surface area (Å²) >= 11 is 0. The number of rotatable bonds is 5. The molecule has 0 aliphatic rings. The fraction of sp³-hybridized carbons (Fsp3) is 0.545. The van der Waals surface area contributed by atoms with Crippen molar-refractivity contribution in [2.75, 3.05) is 20.6 Å². The molecule has 0 radical (unpaired) electrons. The van der Waals surface area contributed by atoms with Gasteiger partial charge in [0.05, 0.1) is 0 Å². The Bertz CT molecular complexity index is 298. The smallest absolute Gasteiger partial charge is 0.0487 e. The van der Waals surface area contributed by atoms with E-state index in [1.165, 1.54) is 0 Å². The third kappa shape index (κ3) is 3.95. The van der Waals surface area contributed by atoms with Crippen LogP contribution in [0.3, 0.4) is 0 Å². The van der Waals surface area contributed by atoms with E-state index in [0.717, 1.165) is 24.1 Å². The van der Waals surface area contributed by atoms with Crippen LogP contribution in [0.2, 0.25) is 0 Å². The van der Waals surface area contributed by atoms with E-state index in [2.05, 4.69) is 35.5 Å². The predicted molar refractivity (Wildman–Crippen MR) is 62.2 cm³/mol. The Kier molecular flexibility index (Phi) is 4.68. The van der Waals surface area contributed by atoms with Crippen LogP contribution in [0.1, 0.15) is 23.6 Å².